The van der Waals surface area contributed by atoms with E-state index in [4.69, 9.17) is 9.47 Å². The number of amides is 1. The molecule has 0 saturated carbocycles. The molecule has 1 aromatic heterocycles. The number of rotatable bonds is 6. The second kappa shape index (κ2) is 7.68. The van der Waals surface area contributed by atoms with Gasteiger partial charge in [-0.05, 0) is 31.2 Å². The Kier molecular flexibility index (Phi) is 5.64. The number of hydrogen-bond acceptors (Lipinski definition) is 6. The van der Waals surface area contributed by atoms with Gasteiger partial charge in [0.1, 0.15) is 28.1 Å². The van der Waals surface area contributed by atoms with Gasteiger partial charge in [0.2, 0.25) is 0 Å². The zero-order valence-electron chi connectivity index (χ0n) is 12.6. The molecule has 122 valence electrons. The summed E-state index contributed by atoms with van der Waals surface area (Å²) in [5.74, 6) is -0.830. The Morgan fingerprint density at radius 2 is 2.00 bits per heavy atom. The van der Waals surface area contributed by atoms with Gasteiger partial charge in [-0.15, -0.1) is 11.3 Å². The van der Waals surface area contributed by atoms with Gasteiger partial charge in [-0.1, -0.05) is 0 Å². The normalized spacial score (nSPS) is 10.2. The number of thiazole rings is 1. The Hall–Kier alpha value is -2.48. The van der Waals surface area contributed by atoms with Gasteiger partial charge in [-0.25, -0.2) is 14.2 Å². The molecular weight excluding hydrogens is 323 g/mol. The quantitative estimate of drug-likeness (QED) is 0.816. The van der Waals surface area contributed by atoms with Crippen LogP contribution in [0.15, 0.2) is 24.3 Å². The zero-order valence-corrected chi connectivity index (χ0v) is 13.4. The molecular formula is C15H15FN2O4S. The van der Waals surface area contributed by atoms with Crippen molar-refractivity contribution in [2.45, 2.75) is 13.5 Å². The maximum absolute atomic E-state index is 12.8. The highest BCUT2D eigenvalue weighted by molar-refractivity contribution is 7.13. The minimum absolute atomic E-state index is 0.153. The fourth-order valence-corrected chi connectivity index (χ4v) is 2.52. The molecule has 1 aromatic carbocycles. The highest BCUT2D eigenvalue weighted by Gasteiger charge is 2.18. The summed E-state index contributed by atoms with van der Waals surface area (Å²) in [6.45, 7) is 1.49. The van der Waals surface area contributed by atoms with E-state index in [1.54, 1.807) is 6.92 Å². The number of carbonyl (C=O) groups is 2. The van der Waals surface area contributed by atoms with Crippen molar-refractivity contribution in [3.05, 3.63) is 45.7 Å². The zero-order chi connectivity index (χ0) is 16.8. The summed E-state index contributed by atoms with van der Waals surface area (Å²) in [5.41, 5.74) is 0.509. The van der Waals surface area contributed by atoms with E-state index in [1.807, 2.05) is 0 Å². The van der Waals surface area contributed by atoms with E-state index in [2.05, 4.69) is 10.3 Å². The highest BCUT2D eigenvalue weighted by Crippen LogP contribution is 2.21. The molecule has 2 rings (SSSR count). The van der Waals surface area contributed by atoms with Gasteiger partial charge in [-0.2, -0.15) is 0 Å². The van der Waals surface area contributed by atoms with E-state index in [9.17, 15) is 14.0 Å². The monoisotopic (exact) mass is 338 g/mol. The molecule has 2 aromatic rings. The van der Waals surface area contributed by atoms with Gasteiger partial charge in [0, 0.05) is 7.05 Å². The summed E-state index contributed by atoms with van der Waals surface area (Å²) in [6, 6.07) is 5.61. The minimum Gasteiger partial charge on any atom is -0.486 e. The molecule has 0 atom stereocenters. The van der Waals surface area contributed by atoms with Crippen molar-refractivity contribution in [3.8, 4) is 5.75 Å². The Morgan fingerprint density at radius 1 is 1.30 bits per heavy atom. The molecule has 0 bridgehead atoms. The first kappa shape index (κ1) is 16.9. The molecule has 0 radical (unpaired) electrons. The van der Waals surface area contributed by atoms with Crippen LogP contribution in [0.25, 0.3) is 0 Å². The van der Waals surface area contributed by atoms with Gasteiger partial charge in [0.15, 0.2) is 6.61 Å². The molecule has 1 heterocycles. The summed E-state index contributed by atoms with van der Waals surface area (Å²) in [6.07, 6.45) is 0. The number of benzene rings is 1. The first-order valence-corrected chi connectivity index (χ1v) is 7.53. The molecule has 1 N–H and O–H groups in total. The standard InChI is InChI=1S/C15H15FN2O4S/c1-9-14(15(20)22-7-12(19)17-2)23-13(18-9)8-21-11-5-3-10(16)4-6-11/h3-6H,7-8H2,1-2H3,(H,17,19). The number of nitrogens with one attached hydrogen (secondary N) is 1. The third-order valence-electron chi connectivity index (χ3n) is 2.82. The van der Waals surface area contributed by atoms with Crippen LogP contribution in [-0.4, -0.2) is 30.5 Å². The summed E-state index contributed by atoms with van der Waals surface area (Å²) in [7, 11) is 1.46. The Bertz CT molecular complexity index is 700. The lowest BCUT2D eigenvalue weighted by atomic mass is 10.3. The van der Waals surface area contributed by atoms with E-state index in [0.717, 1.165) is 11.3 Å². The largest absolute Gasteiger partial charge is 0.486 e. The number of ether oxygens (including phenoxy) is 2. The van der Waals surface area contributed by atoms with Gasteiger partial charge in [0.25, 0.3) is 5.91 Å². The summed E-state index contributed by atoms with van der Waals surface area (Å²) < 4.78 is 23.2. The molecule has 0 fully saturated rings. The molecule has 0 aliphatic rings. The van der Waals surface area contributed by atoms with Crippen LogP contribution < -0.4 is 10.1 Å². The highest BCUT2D eigenvalue weighted by atomic mass is 32.1. The molecule has 0 spiro atoms. The number of carbonyl (C=O) groups excluding carboxylic acids is 2. The third-order valence-corrected chi connectivity index (χ3v) is 3.93. The van der Waals surface area contributed by atoms with Crippen molar-refractivity contribution in [3.63, 3.8) is 0 Å². The van der Waals surface area contributed by atoms with E-state index in [-0.39, 0.29) is 24.9 Å². The molecule has 0 saturated heterocycles. The molecule has 6 nitrogen and oxygen atoms in total. The molecule has 23 heavy (non-hydrogen) atoms. The predicted octanol–water partition coefficient (Wildman–Crippen LogP) is 2.07. The van der Waals surface area contributed by atoms with Crippen molar-refractivity contribution in [2.75, 3.05) is 13.7 Å². The van der Waals surface area contributed by atoms with E-state index in [0.29, 0.717) is 21.3 Å². The van der Waals surface area contributed by atoms with Gasteiger partial charge in [0.05, 0.1) is 5.69 Å². The van der Waals surface area contributed by atoms with Gasteiger partial charge in [-0.3, -0.25) is 4.79 Å². The van der Waals surface area contributed by atoms with Crippen LogP contribution in [0, 0.1) is 12.7 Å². The van der Waals surface area contributed by atoms with Crippen LogP contribution in [0.3, 0.4) is 0 Å². The van der Waals surface area contributed by atoms with Crippen molar-refractivity contribution >= 4 is 23.2 Å². The summed E-state index contributed by atoms with van der Waals surface area (Å²) >= 11 is 1.13. The summed E-state index contributed by atoms with van der Waals surface area (Å²) in [5, 5.41) is 2.94. The van der Waals surface area contributed by atoms with E-state index >= 15 is 0 Å². The number of hydrogen-bond donors (Lipinski definition) is 1. The number of aromatic nitrogens is 1. The Morgan fingerprint density at radius 3 is 2.65 bits per heavy atom. The lowest BCUT2D eigenvalue weighted by Crippen LogP contribution is -2.25. The maximum Gasteiger partial charge on any atom is 0.350 e. The lowest BCUT2D eigenvalue weighted by molar-refractivity contribution is -0.123. The van der Waals surface area contributed by atoms with Crippen molar-refractivity contribution in [1.29, 1.82) is 0 Å². The van der Waals surface area contributed by atoms with E-state index in [1.165, 1.54) is 31.3 Å². The van der Waals surface area contributed by atoms with E-state index < -0.39 is 5.97 Å². The smallest absolute Gasteiger partial charge is 0.350 e. The molecule has 0 unspecified atom stereocenters. The second-order valence-electron chi connectivity index (χ2n) is 4.51. The van der Waals surface area contributed by atoms with Crippen molar-refractivity contribution in [2.24, 2.45) is 0 Å². The van der Waals surface area contributed by atoms with Crippen LogP contribution in [0.4, 0.5) is 4.39 Å². The number of likely N-dealkylation sites (N-methyl/N-ethyl adjacent to an activating group) is 1. The van der Waals surface area contributed by atoms with Crippen LogP contribution >= 0.6 is 11.3 Å². The number of nitrogens with zero attached hydrogens (tertiary/aromatic N) is 1. The van der Waals surface area contributed by atoms with Crippen molar-refractivity contribution in [1.82, 2.24) is 10.3 Å². The SMILES string of the molecule is CNC(=O)COC(=O)c1sc(COc2ccc(F)cc2)nc1C. The molecule has 0 aliphatic carbocycles. The van der Waals surface area contributed by atoms with Crippen LogP contribution in [0.2, 0.25) is 0 Å². The minimum atomic E-state index is -0.600. The van der Waals surface area contributed by atoms with Crippen molar-refractivity contribution < 1.29 is 23.5 Å². The first-order valence-electron chi connectivity index (χ1n) is 6.72. The number of aryl methyl sites for hydroxylation is 1. The predicted molar refractivity (Wildman–Crippen MR) is 81.9 cm³/mol. The van der Waals surface area contributed by atoms with Crippen LogP contribution in [0.1, 0.15) is 20.4 Å². The topological polar surface area (TPSA) is 77.5 Å². The summed E-state index contributed by atoms with van der Waals surface area (Å²) in [4.78, 5) is 27.5. The maximum atomic E-state index is 12.8. The van der Waals surface area contributed by atoms with Gasteiger partial charge >= 0.3 is 5.97 Å². The average Bonchev–Trinajstić information content (AvgIpc) is 2.92. The fraction of sp³-hybridized carbons (Fsp3) is 0.267. The first-order chi connectivity index (χ1) is 11.0. The second-order valence-corrected chi connectivity index (χ2v) is 5.60. The number of esters is 1. The Labute approximate surface area is 136 Å². The Balaban J connectivity index is 1.96. The van der Waals surface area contributed by atoms with Crippen LogP contribution in [-0.2, 0) is 16.1 Å². The molecule has 0 aliphatic heterocycles. The fourth-order valence-electron chi connectivity index (χ4n) is 1.65. The molecule has 8 heteroatoms. The average molecular weight is 338 g/mol. The van der Waals surface area contributed by atoms with Gasteiger partial charge < -0.3 is 14.8 Å². The molecule has 1 amide bonds. The number of halogens is 1. The van der Waals surface area contributed by atoms with Crippen LogP contribution in [0.5, 0.6) is 5.75 Å². The lowest BCUT2D eigenvalue weighted by Gasteiger charge is -2.03. The third kappa shape index (κ3) is 4.75.